The van der Waals surface area contributed by atoms with E-state index in [0.29, 0.717) is 12.3 Å². The number of ether oxygens (including phenoxy) is 1. The van der Waals surface area contributed by atoms with Gasteiger partial charge in [-0.3, -0.25) is 4.79 Å². The van der Waals surface area contributed by atoms with Gasteiger partial charge in [-0.1, -0.05) is 6.58 Å². The first kappa shape index (κ1) is 16.7. The highest BCUT2D eigenvalue weighted by atomic mass is 16.5. The van der Waals surface area contributed by atoms with E-state index >= 15 is 0 Å². The van der Waals surface area contributed by atoms with E-state index in [4.69, 9.17) is 4.74 Å². The second-order valence-corrected chi connectivity index (χ2v) is 4.73. The monoisotopic (exact) mass is 281 g/mol. The molecule has 1 aliphatic heterocycles. The molecule has 0 radical (unpaired) electrons. The van der Waals surface area contributed by atoms with Crippen molar-refractivity contribution in [3.05, 3.63) is 24.0 Å². The van der Waals surface area contributed by atoms with Crippen molar-refractivity contribution in [3.63, 3.8) is 0 Å². The average molecular weight is 281 g/mol. The van der Waals surface area contributed by atoms with Crippen LogP contribution in [0.15, 0.2) is 24.0 Å². The Kier molecular flexibility index (Phi) is 7.99. The molecule has 2 N–H and O–H groups in total. The molecule has 0 bridgehead atoms. The van der Waals surface area contributed by atoms with Crippen LogP contribution in [0.5, 0.6) is 0 Å². The lowest BCUT2D eigenvalue weighted by Gasteiger charge is -2.31. The summed E-state index contributed by atoms with van der Waals surface area (Å²) in [5.74, 6) is 0.0508. The van der Waals surface area contributed by atoms with Crippen LogP contribution in [0.1, 0.15) is 20.3 Å². The number of carbonyl (C=O) groups excluding carboxylic acids is 1. The highest BCUT2D eigenvalue weighted by molar-refractivity contribution is 5.93. The van der Waals surface area contributed by atoms with E-state index in [-0.39, 0.29) is 5.78 Å². The third-order valence-corrected chi connectivity index (χ3v) is 3.23. The van der Waals surface area contributed by atoms with Crippen LogP contribution in [0.4, 0.5) is 0 Å². The van der Waals surface area contributed by atoms with Gasteiger partial charge in [0.05, 0.1) is 5.70 Å². The summed E-state index contributed by atoms with van der Waals surface area (Å²) in [5.41, 5.74) is 1.58. The lowest BCUT2D eigenvalue weighted by Crippen LogP contribution is -2.44. The Balaban J connectivity index is 2.65. The van der Waals surface area contributed by atoms with Crippen LogP contribution >= 0.6 is 0 Å². The van der Waals surface area contributed by atoms with Crippen molar-refractivity contribution in [2.45, 2.75) is 20.3 Å². The molecule has 0 saturated carbocycles. The van der Waals surface area contributed by atoms with E-state index in [0.717, 1.165) is 51.4 Å². The van der Waals surface area contributed by atoms with Crippen molar-refractivity contribution in [2.24, 2.45) is 0 Å². The van der Waals surface area contributed by atoms with E-state index in [2.05, 4.69) is 22.1 Å². The summed E-state index contributed by atoms with van der Waals surface area (Å²) in [5, 5.41) is 6.55. The Morgan fingerprint density at radius 1 is 1.45 bits per heavy atom. The largest absolute Gasteiger partial charge is 0.382 e. The van der Waals surface area contributed by atoms with Gasteiger partial charge in [0.2, 0.25) is 0 Å². The number of rotatable bonds is 9. The van der Waals surface area contributed by atoms with Crippen molar-refractivity contribution in [1.29, 1.82) is 0 Å². The van der Waals surface area contributed by atoms with Gasteiger partial charge in [0.1, 0.15) is 5.70 Å². The number of allylic oxidation sites excluding steroid dienone is 2. The van der Waals surface area contributed by atoms with Crippen LogP contribution in [0.25, 0.3) is 0 Å². The minimum absolute atomic E-state index is 0.0508. The van der Waals surface area contributed by atoms with E-state index in [9.17, 15) is 4.79 Å². The van der Waals surface area contributed by atoms with Crippen LogP contribution < -0.4 is 10.6 Å². The summed E-state index contributed by atoms with van der Waals surface area (Å²) in [6, 6.07) is 0. The Morgan fingerprint density at radius 3 is 2.70 bits per heavy atom. The zero-order chi connectivity index (χ0) is 14.8. The highest BCUT2D eigenvalue weighted by Crippen LogP contribution is 2.12. The second-order valence-electron chi connectivity index (χ2n) is 4.73. The molecule has 5 heteroatoms. The molecule has 5 nitrogen and oxygen atoms in total. The molecule has 1 saturated heterocycles. The van der Waals surface area contributed by atoms with Gasteiger partial charge in [-0.2, -0.15) is 0 Å². The van der Waals surface area contributed by atoms with Gasteiger partial charge >= 0.3 is 0 Å². The lowest BCUT2D eigenvalue weighted by atomic mass is 10.2. The van der Waals surface area contributed by atoms with E-state index in [1.54, 1.807) is 13.0 Å². The summed E-state index contributed by atoms with van der Waals surface area (Å²) < 4.78 is 5.30. The van der Waals surface area contributed by atoms with E-state index in [1.807, 2.05) is 6.92 Å². The number of Topliss-reactive ketones (excluding diaryl/α,β-unsaturated/α-hetero) is 1. The standard InChI is InChI=1S/C15H27N3O2/c1-4-14(18-10-8-16-9-11-18)15(13(3)19)17-7-6-12-20-5-2/h4,16-17H,1,5-12H2,2-3H3/b15-14-. The molecule has 1 aliphatic rings. The number of nitrogens with one attached hydrogen (secondary N) is 2. The molecule has 1 heterocycles. The number of hydrogen-bond acceptors (Lipinski definition) is 5. The summed E-state index contributed by atoms with van der Waals surface area (Å²) in [6.45, 7) is 13.3. The van der Waals surface area contributed by atoms with Crippen molar-refractivity contribution in [1.82, 2.24) is 15.5 Å². The first-order valence-corrected chi connectivity index (χ1v) is 7.35. The SMILES string of the molecule is C=C/C(=C(/NCCCOCC)C(C)=O)N1CCNCC1. The fraction of sp³-hybridized carbons (Fsp3) is 0.667. The van der Waals surface area contributed by atoms with Gasteiger partial charge in [0.25, 0.3) is 0 Å². The molecule has 0 spiro atoms. The van der Waals surface area contributed by atoms with Crippen LogP contribution in [-0.2, 0) is 9.53 Å². The Bertz CT molecular complexity index is 347. The minimum atomic E-state index is 0.0508. The van der Waals surface area contributed by atoms with Crippen LogP contribution in [0.2, 0.25) is 0 Å². The van der Waals surface area contributed by atoms with Crippen LogP contribution in [0, 0.1) is 0 Å². The summed E-state index contributed by atoms with van der Waals surface area (Å²) in [4.78, 5) is 14.1. The van der Waals surface area contributed by atoms with Gasteiger partial charge in [0.15, 0.2) is 5.78 Å². The maximum atomic E-state index is 11.9. The second kappa shape index (κ2) is 9.55. The molecule has 114 valence electrons. The molecule has 0 aliphatic carbocycles. The predicted molar refractivity (Wildman–Crippen MR) is 81.5 cm³/mol. The van der Waals surface area contributed by atoms with Gasteiger partial charge in [-0.25, -0.2) is 0 Å². The average Bonchev–Trinajstić information content (AvgIpc) is 2.46. The highest BCUT2D eigenvalue weighted by Gasteiger charge is 2.17. The third-order valence-electron chi connectivity index (χ3n) is 3.23. The molecule has 0 amide bonds. The first-order valence-electron chi connectivity index (χ1n) is 7.35. The molecule has 0 unspecified atom stereocenters. The van der Waals surface area contributed by atoms with Gasteiger partial charge in [-0.15, -0.1) is 0 Å². The van der Waals surface area contributed by atoms with Gasteiger partial charge in [0, 0.05) is 52.9 Å². The van der Waals surface area contributed by atoms with Crippen LogP contribution in [-0.4, -0.2) is 56.6 Å². The number of carbonyl (C=O) groups is 1. The summed E-state index contributed by atoms with van der Waals surface area (Å²) in [6.07, 6.45) is 2.66. The predicted octanol–water partition coefficient (Wildman–Crippen LogP) is 0.894. The van der Waals surface area contributed by atoms with E-state index in [1.165, 1.54) is 0 Å². The molecule has 0 aromatic carbocycles. The number of ketones is 1. The Hall–Kier alpha value is -1.33. The fourth-order valence-corrected chi connectivity index (χ4v) is 2.22. The number of nitrogens with zero attached hydrogens (tertiary/aromatic N) is 1. The quantitative estimate of drug-likeness (QED) is 0.373. The van der Waals surface area contributed by atoms with Crippen molar-refractivity contribution in [3.8, 4) is 0 Å². The zero-order valence-electron chi connectivity index (χ0n) is 12.7. The maximum absolute atomic E-state index is 11.9. The smallest absolute Gasteiger partial charge is 0.177 e. The van der Waals surface area contributed by atoms with Gasteiger partial charge in [-0.05, 0) is 19.4 Å². The zero-order valence-corrected chi connectivity index (χ0v) is 12.7. The van der Waals surface area contributed by atoms with Gasteiger partial charge < -0.3 is 20.3 Å². The van der Waals surface area contributed by atoms with Crippen LogP contribution in [0.3, 0.4) is 0 Å². The molecule has 1 fully saturated rings. The third kappa shape index (κ3) is 5.35. The lowest BCUT2D eigenvalue weighted by molar-refractivity contribution is -0.114. The Labute approximate surface area is 122 Å². The topological polar surface area (TPSA) is 53.6 Å². The first-order chi connectivity index (χ1) is 9.70. The minimum Gasteiger partial charge on any atom is -0.382 e. The van der Waals surface area contributed by atoms with Crippen molar-refractivity contribution in [2.75, 3.05) is 45.9 Å². The molecular formula is C15H27N3O2. The maximum Gasteiger partial charge on any atom is 0.177 e. The molecule has 0 aromatic rings. The van der Waals surface area contributed by atoms with Crippen molar-refractivity contribution < 1.29 is 9.53 Å². The molecule has 1 rings (SSSR count). The van der Waals surface area contributed by atoms with Crippen molar-refractivity contribution >= 4 is 5.78 Å². The molecule has 20 heavy (non-hydrogen) atoms. The normalized spacial score (nSPS) is 16.6. The Morgan fingerprint density at radius 2 is 2.15 bits per heavy atom. The van der Waals surface area contributed by atoms with E-state index < -0.39 is 0 Å². The molecular weight excluding hydrogens is 254 g/mol. The molecule has 0 atom stereocenters. The number of hydrogen-bond donors (Lipinski definition) is 2. The summed E-state index contributed by atoms with van der Waals surface area (Å²) in [7, 11) is 0. The number of piperazine rings is 1. The molecule has 0 aromatic heterocycles. The summed E-state index contributed by atoms with van der Waals surface area (Å²) >= 11 is 0. The fourth-order valence-electron chi connectivity index (χ4n) is 2.22.